The zero-order valence-electron chi connectivity index (χ0n) is 16.0. The number of carbonyl (C=O) groups excluding carboxylic acids is 1. The maximum Gasteiger partial charge on any atom is 0.236 e. The molecule has 0 spiro atoms. The summed E-state index contributed by atoms with van der Waals surface area (Å²) in [5, 5.41) is 4.46. The molecule has 0 atom stereocenters. The zero-order valence-corrected chi connectivity index (χ0v) is 19.2. The van der Waals surface area contributed by atoms with Crippen molar-refractivity contribution in [1.82, 2.24) is 25.0 Å². The number of morpholine rings is 1. The van der Waals surface area contributed by atoms with Crippen molar-refractivity contribution < 1.29 is 9.53 Å². The van der Waals surface area contributed by atoms with Crippen LogP contribution in [0.5, 0.6) is 0 Å². The first-order valence-corrected chi connectivity index (χ1v) is 9.92. The maximum absolute atomic E-state index is 12.4. The summed E-state index contributed by atoms with van der Waals surface area (Å²) >= 11 is 1.70. The van der Waals surface area contributed by atoms with Gasteiger partial charge in [-0.2, -0.15) is 0 Å². The van der Waals surface area contributed by atoms with Crippen molar-refractivity contribution >= 4 is 47.2 Å². The largest absolute Gasteiger partial charge is 0.378 e. The van der Waals surface area contributed by atoms with Crippen LogP contribution in [0.15, 0.2) is 11.2 Å². The summed E-state index contributed by atoms with van der Waals surface area (Å²) < 4.78 is 5.31. The van der Waals surface area contributed by atoms with Crippen LogP contribution in [0.4, 0.5) is 0 Å². The van der Waals surface area contributed by atoms with Crippen molar-refractivity contribution in [3.63, 3.8) is 0 Å². The Balaban J connectivity index is 0.00000261. The molecular formula is C17H29IN6O2S. The molecule has 152 valence electrons. The van der Waals surface area contributed by atoms with E-state index in [0.29, 0.717) is 39.4 Å². The van der Waals surface area contributed by atoms with E-state index < -0.39 is 0 Å². The summed E-state index contributed by atoms with van der Waals surface area (Å²) in [4.78, 5) is 28.7. The summed E-state index contributed by atoms with van der Waals surface area (Å²) in [5.74, 6) is 1.11. The van der Waals surface area contributed by atoms with E-state index >= 15 is 0 Å². The monoisotopic (exact) mass is 508 g/mol. The molecule has 1 aromatic heterocycles. The number of nitrogens with zero attached hydrogens (tertiary/aromatic N) is 5. The summed E-state index contributed by atoms with van der Waals surface area (Å²) in [6.45, 7) is 9.46. The number of hydrogen-bond donors (Lipinski definition) is 1. The minimum absolute atomic E-state index is 0. The fourth-order valence-electron chi connectivity index (χ4n) is 3.19. The molecule has 0 radical (unpaired) electrons. The molecule has 1 aromatic rings. The third-order valence-corrected chi connectivity index (χ3v) is 5.59. The topological polar surface area (TPSA) is 73.3 Å². The van der Waals surface area contributed by atoms with Gasteiger partial charge in [0.15, 0.2) is 5.96 Å². The number of aromatic nitrogens is 1. The van der Waals surface area contributed by atoms with Crippen LogP contribution in [0.25, 0.3) is 0 Å². The molecule has 2 aliphatic heterocycles. The lowest BCUT2D eigenvalue weighted by molar-refractivity contribution is -0.136. The fourth-order valence-corrected chi connectivity index (χ4v) is 3.92. The number of guanidine groups is 1. The number of hydrogen-bond acceptors (Lipinski definition) is 6. The molecule has 0 bridgehead atoms. The quantitative estimate of drug-likeness (QED) is 0.366. The van der Waals surface area contributed by atoms with Crippen LogP contribution in [-0.2, 0) is 16.1 Å². The van der Waals surface area contributed by atoms with Gasteiger partial charge in [0.05, 0.1) is 26.3 Å². The van der Waals surface area contributed by atoms with Crippen LogP contribution in [0, 0.1) is 6.92 Å². The highest BCUT2D eigenvalue weighted by Gasteiger charge is 2.24. The molecule has 0 saturated carbocycles. The predicted molar refractivity (Wildman–Crippen MR) is 118 cm³/mol. The van der Waals surface area contributed by atoms with Gasteiger partial charge >= 0.3 is 0 Å². The van der Waals surface area contributed by atoms with E-state index in [1.165, 1.54) is 4.88 Å². The molecule has 2 fully saturated rings. The number of amides is 1. The fraction of sp³-hybridized carbons (Fsp3) is 0.706. The first kappa shape index (κ1) is 22.3. The van der Waals surface area contributed by atoms with Gasteiger partial charge in [0.2, 0.25) is 5.91 Å². The lowest BCUT2D eigenvalue weighted by atomic mass is 10.3. The third-order valence-electron chi connectivity index (χ3n) is 4.67. The van der Waals surface area contributed by atoms with Crippen LogP contribution in [0.3, 0.4) is 0 Å². The first-order valence-electron chi connectivity index (χ1n) is 9.10. The second-order valence-electron chi connectivity index (χ2n) is 6.52. The van der Waals surface area contributed by atoms with E-state index in [1.54, 1.807) is 11.3 Å². The summed E-state index contributed by atoms with van der Waals surface area (Å²) in [6.07, 6.45) is 1.90. The lowest BCUT2D eigenvalue weighted by Crippen LogP contribution is -2.54. The third kappa shape index (κ3) is 6.54. The Bertz CT molecular complexity index is 627. The highest BCUT2D eigenvalue weighted by Crippen LogP contribution is 2.11. The number of ether oxygens (including phenoxy) is 1. The van der Waals surface area contributed by atoms with Crippen LogP contribution in [0.2, 0.25) is 0 Å². The van der Waals surface area contributed by atoms with Crippen LogP contribution < -0.4 is 5.32 Å². The van der Waals surface area contributed by atoms with Crippen LogP contribution >= 0.6 is 35.3 Å². The van der Waals surface area contributed by atoms with E-state index in [0.717, 1.165) is 37.1 Å². The predicted octanol–water partition coefficient (Wildman–Crippen LogP) is 0.621. The number of nitrogens with one attached hydrogen (secondary N) is 1. The number of thiazole rings is 1. The molecule has 1 N–H and O–H groups in total. The number of rotatable bonds is 4. The molecule has 1 amide bonds. The maximum atomic E-state index is 12.4. The van der Waals surface area contributed by atoms with Crippen LogP contribution in [0.1, 0.15) is 9.88 Å². The van der Waals surface area contributed by atoms with Crippen molar-refractivity contribution in [3.8, 4) is 0 Å². The van der Waals surface area contributed by atoms with Crippen molar-refractivity contribution in [1.29, 1.82) is 0 Å². The molecule has 2 saturated heterocycles. The van der Waals surface area contributed by atoms with Gasteiger partial charge in [0, 0.05) is 57.4 Å². The summed E-state index contributed by atoms with van der Waals surface area (Å²) in [5.41, 5.74) is 0. The second-order valence-corrected chi connectivity index (χ2v) is 7.84. The number of piperazine rings is 1. The summed E-state index contributed by atoms with van der Waals surface area (Å²) in [6, 6.07) is 0. The van der Waals surface area contributed by atoms with E-state index in [9.17, 15) is 4.79 Å². The number of aryl methyl sites for hydroxylation is 1. The number of halogens is 1. The van der Waals surface area contributed by atoms with Gasteiger partial charge in [0.25, 0.3) is 0 Å². The van der Waals surface area contributed by atoms with Gasteiger partial charge in [-0.3, -0.25) is 14.7 Å². The molecule has 10 heteroatoms. The lowest BCUT2D eigenvalue weighted by Gasteiger charge is -2.37. The highest BCUT2D eigenvalue weighted by molar-refractivity contribution is 14.0. The van der Waals surface area contributed by atoms with Crippen molar-refractivity contribution in [3.05, 3.63) is 16.1 Å². The van der Waals surface area contributed by atoms with Gasteiger partial charge in [-0.15, -0.1) is 35.3 Å². The Morgan fingerprint density at radius 3 is 2.52 bits per heavy atom. The van der Waals surface area contributed by atoms with E-state index in [4.69, 9.17) is 4.74 Å². The Morgan fingerprint density at radius 1 is 1.22 bits per heavy atom. The van der Waals surface area contributed by atoms with Crippen molar-refractivity contribution in [2.75, 3.05) is 66.1 Å². The van der Waals surface area contributed by atoms with E-state index in [-0.39, 0.29) is 29.9 Å². The number of carbonyl (C=O) groups is 1. The van der Waals surface area contributed by atoms with Gasteiger partial charge in [0.1, 0.15) is 5.01 Å². The molecule has 2 aliphatic rings. The zero-order chi connectivity index (χ0) is 18.4. The average Bonchev–Trinajstić information content (AvgIpc) is 3.09. The average molecular weight is 508 g/mol. The second kappa shape index (κ2) is 11.1. The van der Waals surface area contributed by atoms with Gasteiger partial charge in [-0.05, 0) is 6.92 Å². The van der Waals surface area contributed by atoms with E-state index in [1.807, 2.05) is 18.1 Å². The minimum Gasteiger partial charge on any atom is -0.378 e. The van der Waals surface area contributed by atoms with Gasteiger partial charge < -0.3 is 19.9 Å². The highest BCUT2D eigenvalue weighted by atomic mass is 127. The molecule has 8 nitrogen and oxygen atoms in total. The standard InChI is InChI=1S/C17H28N6O2S.HI/c1-14-11-19-15(26-14)12-20-17(18-2)23-5-3-21(4-6-23)13-16(24)22-7-9-25-10-8-22;/h11H,3-10,12-13H2,1-2H3,(H,18,20);1H. The summed E-state index contributed by atoms with van der Waals surface area (Å²) in [7, 11) is 1.81. The molecule has 0 unspecified atom stereocenters. The Morgan fingerprint density at radius 2 is 1.93 bits per heavy atom. The van der Waals surface area contributed by atoms with Crippen molar-refractivity contribution in [2.45, 2.75) is 13.5 Å². The SMILES string of the molecule is CN=C(NCc1ncc(C)s1)N1CCN(CC(=O)N2CCOCC2)CC1.I. The molecule has 27 heavy (non-hydrogen) atoms. The van der Waals surface area contributed by atoms with E-state index in [2.05, 4.69) is 32.0 Å². The smallest absolute Gasteiger partial charge is 0.236 e. The molecular weight excluding hydrogens is 479 g/mol. The molecule has 3 heterocycles. The minimum atomic E-state index is 0. The van der Waals surface area contributed by atoms with Gasteiger partial charge in [-0.1, -0.05) is 0 Å². The normalized spacial score (nSPS) is 19.0. The Labute approximate surface area is 182 Å². The molecule has 0 aliphatic carbocycles. The van der Waals surface area contributed by atoms with Gasteiger partial charge in [-0.25, -0.2) is 4.98 Å². The Kier molecular flexibility index (Phi) is 9.19. The van der Waals surface area contributed by atoms with Crippen molar-refractivity contribution in [2.24, 2.45) is 4.99 Å². The first-order chi connectivity index (χ1) is 12.7. The number of aliphatic imine (C=N–C) groups is 1. The van der Waals surface area contributed by atoms with Crippen LogP contribution in [-0.4, -0.2) is 97.6 Å². The molecule has 0 aromatic carbocycles. The Hall–Kier alpha value is -0.980. The molecule has 3 rings (SSSR count).